The lowest BCUT2D eigenvalue weighted by molar-refractivity contribution is -0.143. The van der Waals surface area contributed by atoms with Crippen molar-refractivity contribution < 1.29 is 39.3 Å². The van der Waals surface area contributed by atoms with Crippen LogP contribution in [0.4, 0.5) is 0 Å². The number of aliphatic hydroxyl groups excluding tert-OH is 1. The third kappa shape index (κ3) is 13.0. The Kier molecular flexibility index (Phi) is 15.9. The SMILES string of the molecule is CSCCC(NC(=O)C(CO)NC(=O)C(N)CCCCN)C(=O)NC(CCC(=O)O)C(=O)O. The highest BCUT2D eigenvalue weighted by molar-refractivity contribution is 7.98. The number of rotatable bonds is 18. The highest BCUT2D eigenvalue weighted by Gasteiger charge is 2.30. The number of aliphatic carboxylic acids is 2. The van der Waals surface area contributed by atoms with Crippen LogP contribution in [-0.4, -0.2) is 94.3 Å². The first-order chi connectivity index (χ1) is 15.6. The van der Waals surface area contributed by atoms with Gasteiger partial charge >= 0.3 is 11.9 Å². The molecule has 0 aromatic carbocycles. The van der Waals surface area contributed by atoms with Gasteiger partial charge in [0.2, 0.25) is 17.7 Å². The lowest BCUT2D eigenvalue weighted by Crippen LogP contribution is -2.58. The molecule has 190 valence electrons. The summed E-state index contributed by atoms with van der Waals surface area (Å²) in [6, 6.07) is -4.90. The van der Waals surface area contributed by atoms with E-state index in [1.165, 1.54) is 11.8 Å². The molecule has 4 unspecified atom stereocenters. The molecule has 0 radical (unpaired) electrons. The number of carbonyl (C=O) groups is 5. The van der Waals surface area contributed by atoms with Crippen molar-refractivity contribution in [3.63, 3.8) is 0 Å². The number of carbonyl (C=O) groups excluding carboxylic acids is 3. The van der Waals surface area contributed by atoms with Crippen molar-refractivity contribution >= 4 is 41.4 Å². The van der Waals surface area contributed by atoms with E-state index in [0.29, 0.717) is 31.6 Å². The number of carboxylic acids is 2. The molecule has 0 aliphatic heterocycles. The molecule has 13 nitrogen and oxygen atoms in total. The van der Waals surface area contributed by atoms with Crippen LogP contribution in [0.15, 0.2) is 0 Å². The molecule has 0 aliphatic rings. The summed E-state index contributed by atoms with van der Waals surface area (Å²) in [6.07, 6.45) is 2.74. The van der Waals surface area contributed by atoms with Gasteiger partial charge in [0.05, 0.1) is 12.6 Å². The Bertz CT molecular complexity index is 666. The average molecular weight is 494 g/mol. The number of aliphatic hydroxyl groups is 1. The van der Waals surface area contributed by atoms with Crippen LogP contribution in [-0.2, 0) is 24.0 Å². The molecule has 14 heteroatoms. The van der Waals surface area contributed by atoms with Crippen molar-refractivity contribution in [2.75, 3.05) is 25.2 Å². The molecule has 0 bridgehead atoms. The molecule has 0 spiro atoms. The number of amides is 3. The summed E-state index contributed by atoms with van der Waals surface area (Å²) < 4.78 is 0. The first kappa shape index (κ1) is 30.6. The molecule has 33 heavy (non-hydrogen) atoms. The van der Waals surface area contributed by atoms with Crippen LogP contribution in [0.2, 0.25) is 0 Å². The van der Waals surface area contributed by atoms with E-state index in [2.05, 4.69) is 16.0 Å². The average Bonchev–Trinajstić information content (AvgIpc) is 2.76. The van der Waals surface area contributed by atoms with E-state index in [4.69, 9.17) is 16.6 Å². The number of nitrogens with two attached hydrogens (primary N) is 2. The largest absolute Gasteiger partial charge is 0.481 e. The second-order valence-corrected chi connectivity index (χ2v) is 8.29. The van der Waals surface area contributed by atoms with Crippen LogP contribution in [0.25, 0.3) is 0 Å². The second-order valence-electron chi connectivity index (χ2n) is 7.31. The van der Waals surface area contributed by atoms with Crippen LogP contribution in [0.1, 0.15) is 38.5 Å². The molecule has 0 saturated heterocycles. The monoisotopic (exact) mass is 493 g/mol. The van der Waals surface area contributed by atoms with Crippen molar-refractivity contribution in [1.29, 1.82) is 0 Å². The molecule has 0 heterocycles. The van der Waals surface area contributed by atoms with Gasteiger partial charge in [-0.05, 0) is 44.2 Å². The van der Waals surface area contributed by atoms with E-state index in [9.17, 15) is 34.2 Å². The highest BCUT2D eigenvalue weighted by atomic mass is 32.2. The molecule has 0 aromatic heterocycles. The molecule has 0 aromatic rings. The van der Waals surface area contributed by atoms with Crippen molar-refractivity contribution in [2.45, 2.75) is 62.7 Å². The second kappa shape index (κ2) is 17.1. The third-order valence-corrected chi connectivity index (χ3v) is 5.27. The standard InChI is InChI=1S/C19H35N5O8S/c1-33-9-7-12(17(29)23-13(19(31)32)5-6-15(26)27)22-18(30)14(10-25)24-16(28)11(21)4-2-3-8-20/h11-14,25H,2-10,20-21H2,1H3,(H,22,30)(H,23,29)(H,24,28)(H,26,27)(H,31,32). The quantitative estimate of drug-likeness (QED) is 0.0936. The van der Waals surface area contributed by atoms with E-state index < -0.39 is 66.9 Å². The van der Waals surface area contributed by atoms with Crippen LogP contribution < -0.4 is 27.4 Å². The zero-order chi connectivity index (χ0) is 25.4. The lowest BCUT2D eigenvalue weighted by atomic mass is 10.1. The third-order valence-electron chi connectivity index (χ3n) is 4.63. The van der Waals surface area contributed by atoms with Crippen LogP contribution in [0, 0.1) is 0 Å². The fourth-order valence-corrected chi connectivity index (χ4v) is 3.16. The number of unbranched alkanes of at least 4 members (excludes halogenated alkanes) is 1. The van der Waals surface area contributed by atoms with Gasteiger partial charge in [-0.15, -0.1) is 0 Å². The Labute approximate surface area is 196 Å². The van der Waals surface area contributed by atoms with Gasteiger partial charge < -0.3 is 42.7 Å². The molecule has 3 amide bonds. The highest BCUT2D eigenvalue weighted by Crippen LogP contribution is 2.05. The fraction of sp³-hybridized carbons (Fsp3) is 0.737. The summed E-state index contributed by atoms with van der Waals surface area (Å²) in [5.74, 6) is -4.51. The molecular weight excluding hydrogens is 458 g/mol. The van der Waals surface area contributed by atoms with Gasteiger partial charge in [0.15, 0.2) is 0 Å². The molecule has 0 aliphatic carbocycles. The number of carboxylic acid groups (broad SMARTS) is 2. The molecule has 4 atom stereocenters. The summed E-state index contributed by atoms with van der Waals surface area (Å²) in [6.45, 7) is -0.297. The number of hydrogen-bond acceptors (Lipinski definition) is 9. The van der Waals surface area contributed by atoms with Gasteiger partial charge in [-0.3, -0.25) is 19.2 Å². The van der Waals surface area contributed by atoms with Gasteiger partial charge in [0.25, 0.3) is 0 Å². The van der Waals surface area contributed by atoms with Crippen molar-refractivity contribution in [3.8, 4) is 0 Å². The maximum atomic E-state index is 12.6. The van der Waals surface area contributed by atoms with Gasteiger partial charge in [-0.1, -0.05) is 6.42 Å². The van der Waals surface area contributed by atoms with Gasteiger partial charge in [-0.25, -0.2) is 4.79 Å². The summed E-state index contributed by atoms with van der Waals surface area (Å²) >= 11 is 1.38. The number of hydrogen-bond donors (Lipinski definition) is 8. The van der Waals surface area contributed by atoms with Crippen molar-refractivity contribution in [2.24, 2.45) is 11.5 Å². The summed E-state index contributed by atoms with van der Waals surface area (Å²) in [7, 11) is 0. The Hall–Kier alpha value is -2.42. The van der Waals surface area contributed by atoms with Crippen LogP contribution >= 0.6 is 11.8 Å². The molecular formula is C19H35N5O8S. The van der Waals surface area contributed by atoms with Gasteiger partial charge in [0.1, 0.15) is 18.1 Å². The first-order valence-electron chi connectivity index (χ1n) is 10.5. The number of nitrogens with one attached hydrogen (secondary N) is 3. The molecule has 10 N–H and O–H groups in total. The minimum Gasteiger partial charge on any atom is -0.481 e. The Balaban J connectivity index is 5.14. The minimum atomic E-state index is -1.46. The first-order valence-corrected chi connectivity index (χ1v) is 11.9. The van der Waals surface area contributed by atoms with E-state index in [-0.39, 0.29) is 12.8 Å². The van der Waals surface area contributed by atoms with E-state index >= 15 is 0 Å². The van der Waals surface area contributed by atoms with E-state index in [0.717, 1.165) is 0 Å². The Morgan fingerprint density at radius 2 is 1.42 bits per heavy atom. The Morgan fingerprint density at radius 3 is 1.94 bits per heavy atom. The van der Waals surface area contributed by atoms with Gasteiger partial charge in [0, 0.05) is 6.42 Å². The maximum Gasteiger partial charge on any atom is 0.326 e. The zero-order valence-electron chi connectivity index (χ0n) is 18.6. The van der Waals surface area contributed by atoms with Crippen LogP contribution in [0.3, 0.4) is 0 Å². The minimum absolute atomic E-state index is 0.134. The predicted molar refractivity (Wildman–Crippen MR) is 121 cm³/mol. The summed E-state index contributed by atoms with van der Waals surface area (Å²) in [4.78, 5) is 59.4. The molecule has 0 saturated carbocycles. The molecule has 0 fully saturated rings. The summed E-state index contributed by atoms with van der Waals surface area (Å²) in [5, 5.41) is 34.5. The summed E-state index contributed by atoms with van der Waals surface area (Å²) in [5.41, 5.74) is 11.2. The van der Waals surface area contributed by atoms with Crippen molar-refractivity contribution in [3.05, 3.63) is 0 Å². The lowest BCUT2D eigenvalue weighted by Gasteiger charge is -2.24. The number of thioether (sulfide) groups is 1. The smallest absolute Gasteiger partial charge is 0.326 e. The van der Waals surface area contributed by atoms with E-state index in [1.54, 1.807) is 6.26 Å². The van der Waals surface area contributed by atoms with Gasteiger partial charge in [-0.2, -0.15) is 11.8 Å². The predicted octanol–water partition coefficient (Wildman–Crippen LogP) is -2.41. The van der Waals surface area contributed by atoms with Crippen LogP contribution in [0.5, 0.6) is 0 Å². The molecule has 0 rings (SSSR count). The Morgan fingerprint density at radius 1 is 0.848 bits per heavy atom. The zero-order valence-corrected chi connectivity index (χ0v) is 19.4. The normalized spacial score (nSPS) is 14.4. The fourth-order valence-electron chi connectivity index (χ4n) is 2.69. The van der Waals surface area contributed by atoms with Crippen molar-refractivity contribution in [1.82, 2.24) is 16.0 Å². The van der Waals surface area contributed by atoms with E-state index in [1.807, 2.05) is 0 Å². The topological polar surface area (TPSA) is 234 Å². The maximum absolute atomic E-state index is 12.6.